The number of imide groups is 1. The monoisotopic (exact) mass is 444 g/mol. The van der Waals surface area contributed by atoms with Gasteiger partial charge >= 0.3 is 6.03 Å². The number of carbonyl (C=O) groups excluding carboxylic acids is 3. The van der Waals surface area contributed by atoms with Crippen molar-refractivity contribution in [3.63, 3.8) is 0 Å². The van der Waals surface area contributed by atoms with Crippen molar-refractivity contribution in [3.05, 3.63) is 27.5 Å². The maximum Gasteiger partial charge on any atom is 0.344 e. The molecule has 26 heavy (non-hydrogen) atoms. The van der Waals surface area contributed by atoms with Gasteiger partial charge in [0, 0.05) is 10.7 Å². The van der Waals surface area contributed by atoms with Crippen LogP contribution >= 0.6 is 27.5 Å². The highest BCUT2D eigenvalue weighted by Crippen LogP contribution is 2.24. The Morgan fingerprint density at radius 2 is 2.04 bits per heavy atom. The lowest BCUT2D eigenvalue weighted by atomic mass is 9.94. The maximum absolute atomic E-state index is 12.6. The highest BCUT2D eigenvalue weighted by molar-refractivity contribution is 9.10. The Morgan fingerprint density at radius 3 is 2.73 bits per heavy atom. The first kappa shape index (κ1) is 20.6. The minimum atomic E-state index is -1.02. The van der Waals surface area contributed by atoms with Gasteiger partial charge in [-0.25, -0.2) is 9.78 Å². The molecule has 142 valence electrons. The van der Waals surface area contributed by atoms with E-state index in [2.05, 4.69) is 38.6 Å². The van der Waals surface area contributed by atoms with Crippen molar-refractivity contribution in [1.29, 1.82) is 0 Å². The summed E-state index contributed by atoms with van der Waals surface area (Å²) < 4.78 is 0.557. The van der Waals surface area contributed by atoms with Gasteiger partial charge in [0.1, 0.15) is 10.7 Å². The Hall–Kier alpha value is -1.67. The number of carbonyl (C=O) groups is 3. The molecule has 0 bridgehead atoms. The molecule has 0 aliphatic carbocycles. The second-order valence-corrected chi connectivity index (χ2v) is 7.77. The van der Waals surface area contributed by atoms with Crippen LogP contribution in [0.5, 0.6) is 0 Å². The largest absolute Gasteiger partial charge is 0.344 e. The smallest absolute Gasteiger partial charge is 0.322 e. The first-order valence-corrected chi connectivity index (χ1v) is 9.74. The normalized spacial score (nSPS) is 19.6. The molecular weight excluding hydrogens is 424 g/mol. The number of amides is 4. The third kappa shape index (κ3) is 4.73. The van der Waals surface area contributed by atoms with E-state index in [0.717, 1.165) is 32.1 Å². The number of hydrazine groups is 1. The van der Waals surface area contributed by atoms with Gasteiger partial charge in [-0.2, -0.15) is 5.01 Å². The molecule has 1 fully saturated rings. The van der Waals surface area contributed by atoms with Gasteiger partial charge in [-0.1, -0.05) is 50.6 Å². The summed E-state index contributed by atoms with van der Waals surface area (Å²) in [6.07, 6.45) is 7.18. The molecule has 0 radical (unpaired) electrons. The number of unbranched alkanes of at least 4 members (excludes halogenated alkanes) is 4. The van der Waals surface area contributed by atoms with Crippen LogP contribution in [0, 0.1) is 0 Å². The van der Waals surface area contributed by atoms with Crippen LogP contribution in [0.1, 0.15) is 62.7 Å². The fourth-order valence-electron chi connectivity index (χ4n) is 2.78. The minimum Gasteiger partial charge on any atom is -0.322 e. The van der Waals surface area contributed by atoms with E-state index in [1.165, 1.54) is 12.3 Å². The Morgan fingerprint density at radius 1 is 1.35 bits per heavy atom. The molecule has 1 saturated heterocycles. The third-order valence-corrected chi connectivity index (χ3v) is 5.04. The van der Waals surface area contributed by atoms with Crippen molar-refractivity contribution in [2.45, 2.75) is 57.9 Å². The van der Waals surface area contributed by atoms with Crippen LogP contribution in [0.15, 0.2) is 16.7 Å². The van der Waals surface area contributed by atoms with Crippen LogP contribution in [0.2, 0.25) is 5.15 Å². The fourth-order valence-corrected chi connectivity index (χ4v) is 3.30. The van der Waals surface area contributed by atoms with Gasteiger partial charge in [-0.05, 0) is 35.3 Å². The third-order valence-electron chi connectivity index (χ3n) is 4.31. The average molecular weight is 446 g/mol. The predicted molar refractivity (Wildman–Crippen MR) is 102 cm³/mol. The number of hydrogen-bond donors (Lipinski definition) is 2. The zero-order valence-corrected chi connectivity index (χ0v) is 17.1. The van der Waals surface area contributed by atoms with E-state index >= 15 is 0 Å². The van der Waals surface area contributed by atoms with Crippen molar-refractivity contribution >= 4 is 45.4 Å². The summed E-state index contributed by atoms with van der Waals surface area (Å²) >= 11 is 9.12. The van der Waals surface area contributed by atoms with Crippen LogP contribution in [-0.4, -0.2) is 33.4 Å². The number of halogens is 2. The van der Waals surface area contributed by atoms with E-state index in [9.17, 15) is 14.4 Å². The summed E-state index contributed by atoms with van der Waals surface area (Å²) in [5, 5.41) is 3.37. The molecule has 1 aromatic heterocycles. The Kier molecular flexibility index (Phi) is 7.00. The fraction of sp³-hybridized carbons (Fsp3) is 0.529. The van der Waals surface area contributed by atoms with Gasteiger partial charge in [0.25, 0.3) is 11.8 Å². The summed E-state index contributed by atoms with van der Waals surface area (Å²) in [6.45, 7) is 3.81. The lowest BCUT2D eigenvalue weighted by Gasteiger charge is -2.21. The topological polar surface area (TPSA) is 91.4 Å². The molecule has 2 N–H and O–H groups in total. The molecule has 1 unspecified atom stereocenters. The zero-order chi connectivity index (χ0) is 19.3. The van der Waals surface area contributed by atoms with E-state index in [1.54, 1.807) is 6.92 Å². The minimum absolute atomic E-state index is 0.0172. The van der Waals surface area contributed by atoms with Gasteiger partial charge in [0.05, 0.1) is 5.56 Å². The Bertz CT molecular complexity index is 715. The van der Waals surface area contributed by atoms with Gasteiger partial charge in [0.15, 0.2) is 0 Å². The van der Waals surface area contributed by atoms with Gasteiger partial charge in [-0.3, -0.25) is 15.0 Å². The zero-order valence-electron chi connectivity index (χ0n) is 14.8. The molecule has 2 rings (SSSR count). The van der Waals surface area contributed by atoms with Crippen LogP contribution < -0.4 is 10.7 Å². The predicted octanol–water partition coefficient (Wildman–Crippen LogP) is 3.81. The summed E-state index contributed by atoms with van der Waals surface area (Å²) in [4.78, 5) is 41.1. The first-order valence-electron chi connectivity index (χ1n) is 8.57. The molecule has 0 aromatic carbocycles. The van der Waals surface area contributed by atoms with E-state index in [-0.39, 0.29) is 10.7 Å². The number of aromatic nitrogens is 1. The van der Waals surface area contributed by atoms with E-state index in [0.29, 0.717) is 15.9 Å². The van der Waals surface area contributed by atoms with Gasteiger partial charge in [0.2, 0.25) is 0 Å². The molecule has 7 nitrogen and oxygen atoms in total. The van der Waals surface area contributed by atoms with Crippen LogP contribution in [0.3, 0.4) is 0 Å². The highest BCUT2D eigenvalue weighted by Gasteiger charge is 2.48. The van der Waals surface area contributed by atoms with Crippen LogP contribution in [-0.2, 0) is 4.79 Å². The average Bonchev–Trinajstić information content (AvgIpc) is 2.80. The molecule has 1 atom stereocenters. The van der Waals surface area contributed by atoms with Crippen molar-refractivity contribution in [2.75, 3.05) is 0 Å². The quantitative estimate of drug-likeness (QED) is 0.361. The molecule has 4 amide bonds. The molecule has 1 aromatic rings. The van der Waals surface area contributed by atoms with Gasteiger partial charge < -0.3 is 5.32 Å². The summed E-state index contributed by atoms with van der Waals surface area (Å²) in [5.41, 5.74) is 1.36. The number of nitrogens with zero attached hydrogens (tertiary/aromatic N) is 2. The maximum atomic E-state index is 12.6. The molecule has 1 aliphatic rings. The van der Waals surface area contributed by atoms with Crippen LogP contribution in [0.25, 0.3) is 0 Å². The Balaban J connectivity index is 2.02. The number of hydrogen-bond acceptors (Lipinski definition) is 4. The number of rotatable bonds is 8. The lowest BCUT2D eigenvalue weighted by Crippen LogP contribution is -2.48. The summed E-state index contributed by atoms with van der Waals surface area (Å²) in [5.74, 6) is -1.16. The second kappa shape index (κ2) is 8.81. The van der Waals surface area contributed by atoms with Crippen molar-refractivity contribution in [2.24, 2.45) is 0 Å². The molecule has 1 aliphatic heterocycles. The van der Waals surface area contributed by atoms with Crippen LogP contribution in [0.4, 0.5) is 4.79 Å². The van der Waals surface area contributed by atoms with Crippen molar-refractivity contribution < 1.29 is 14.4 Å². The standard InChI is InChI=1S/C17H22BrClN4O3/c1-3-4-5-6-7-8-17(2)15(25)23(16(26)21-17)22-14(24)12-9-11(18)10-20-13(12)19/h9-10H,3-8H2,1-2H3,(H,21,26)(H,22,24). The number of urea groups is 1. The summed E-state index contributed by atoms with van der Waals surface area (Å²) in [6, 6.07) is 0.814. The first-order chi connectivity index (χ1) is 12.3. The number of nitrogens with one attached hydrogen (secondary N) is 2. The van der Waals surface area contributed by atoms with E-state index in [4.69, 9.17) is 11.6 Å². The highest BCUT2D eigenvalue weighted by atomic mass is 79.9. The summed E-state index contributed by atoms with van der Waals surface area (Å²) in [7, 11) is 0. The van der Waals surface area contributed by atoms with E-state index in [1.807, 2.05) is 0 Å². The second-order valence-electron chi connectivity index (χ2n) is 6.50. The SMILES string of the molecule is CCCCCCCC1(C)NC(=O)N(NC(=O)c2cc(Br)cnc2Cl)C1=O. The number of pyridine rings is 1. The lowest BCUT2D eigenvalue weighted by molar-refractivity contribution is -0.132. The van der Waals surface area contributed by atoms with Crippen molar-refractivity contribution in [3.8, 4) is 0 Å². The van der Waals surface area contributed by atoms with Gasteiger partial charge in [-0.15, -0.1) is 0 Å². The molecule has 0 spiro atoms. The Labute approximate surface area is 166 Å². The molecule has 0 saturated carbocycles. The molecular formula is C17H22BrClN4O3. The molecule has 2 heterocycles. The van der Waals surface area contributed by atoms with E-state index < -0.39 is 23.4 Å². The molecule has 9 heteroatoms. The van der Waals surface area contributed by atoms with Crippen molar-refractivity contribution in [1.82, 2.24) is 20.7 Å².